The normalized spacial score (nSPS) is 12.7. The number of halogens is 2. The Kier molecular flexibility index (Phi) is 10.3. The molecule has 0 radical (unpaired) electrons. The number of nitrogens with one attached hydrogen (secondary N) is 5. The van der Waals surface area contributed by atoms with Crippen LogP contribution in [-0.4, -0.2) is 69.5 Å². The molecular weight excluding hydrogens is 540 g/mol. The average Bonchev–Trinajstić information content (AvgIpc) is 3.43. The van der Waals surface area contributed by atoms with Crippen molar-refractivity contribution in [1.29, 1.82) is 0 Å². The zero-order valence-electron chi connectivity index (χ0n) is 23.0. The smallest absolute Gasteiger partial charge is 0.408 e. The molecule has 14 heteroatoms. The maximum absolute atomic E-state index is 15.0. The number of aromatic amines is 1. The van der Waals surface area contributed by atoms with Gasteiger partial charge in [0, 0.05) is 30.9 Å². The molecule has 6 N–H and O–H groups in total. The van der Waals surface area contributed by atoms with Crippen molar-refractivity contribution < 1.29 is 33.0 Å². The number of ether oxygens (including phenoxy) is 1. The minimum absolute atomic E-state index is 0.0335. The molecule has 3 aromatic rings. The van der Waals surface area contributed by atoms with Crippen LogP contribution in [0.15, 0.2) is 42.7 Å². The van der Waals surface area contributed by atoms with Crippen LogP contribution in [0.3, 0.4) is 0 Å². The average molecular weight is 574 g/mol. The monoisotopic (exact) mass is 573 g/mol. The molecule has 41 heavy (non-hydrogen) atoms. The zero-order chi connectivity index (χ0) is 30.2. The molecule has 0 aliphatic rings. The van der Waals surface area contributed by atoms with Crippen molar-refractivity contribution in [3.05, 3.63) is 65.5 Å². The van der Waals surface area contributed by atoms with Crippen molar-refractivity contribution in [2.24, 2.45) is 0 Å². The molecule has 0 aliphatic heterocycles. The number of aliphatic hydroxyl groups is 1. The second-order valence-electron chi connectivity index (χ2n) is 10.2. The molecule has 220 valence electrons. The van der Waals surface area contributed by atoms with Crippen LogP contribution >= 0.6 is 0 Å². The molecule has 3 amide bonds. The Morgan fingerprint density at radius 2 is 1.88 bits per heavy atom. The molecule has 2 heterocycles. The van der Waals surface area contributed by atoms with Crippen LogP contribution in [0.1, 0.15) is 49.7 Å². The van der Waals surface area contributed by atoms with E-state index in [1.807, 2.05) is 0 Å². The van der Waals surface area contributed by atoms with Gasteiger partial charge in [0.25, 0.3) is 5.91 Å². The lowest BCUT2D eigenvalue weighted by Crippen LogP contribution is -2.46. The number of amides is 3. The lowest BCUT2D eigenvalue weighted by molar-refractivity contribution is -0.120. The lowest BCUT2D eigenvalue weighted by Gasteiger charge is -2.20. The SMILES string of the molecule is C[C@H](CNC(=O)c1cc(F)c(-c2cn[nH]c2)nc1NCC(O)c1cccc(F)c1)NC(=O)CNC(=O)OC(C)(C)C. The minimum atomic E-state index is -1.16. The van der Waals surface area contributed by atoms with Gasteiger partial charge in [-0.2, -0.15) is 5.10 Å². The number of aliphatic hydroxyl groups excluding tert-OH is 1. The highest BCUT2D eigenvalue weighted by Crippen LogP contribution is 2.25. The van der Waals surface area contributed by atoms with Crippen LogP contribution < -0.4 is 21.3 Å². The van der Waals surface area contributed by atoms with Crippen molar-refractivity contribution >= 4 is 23.7 Å². The number of carbonyl (C=O) groups is 3. The molecule has 0 saturated carbocycles. The number of hydrogen-bond acceptors (Lipinski definition) is 8. The van der Waals surface area contributed by atoms with E-state index >= 15 is 0 Å². The molecule has 12 nitrogen and oxygen atoms in total. The molecule has 0 aliphatic carbocycles. The molecule has 0 fully saturated rings. The number of rotatable bonds is 11. The maximum atomic E-state index is 15.0. The fraction of sp³-hybridized carbons (Fsp3) is 0.370. The number of nitrogens with zero attached hydrogens (tertiary/aromatic N) is 2. The number of aromatic nitrogens is 3. The van der Waals surface area contributed by atoms with E-state index in [9.17, 15) is 28.3 Å². The third-order valence-electron chi connectivity index (χ3n) is 5.46. The molecule has 0 spiro atoms. The predicted octanol–water partition coefficient (Wildman–Crippen LogP) is 2.65. The Bertz CT molecular complexity index is 1360. The van der Waals surface area contributed by atoms with Crippen LogP contribution in [-0.2, 0) is 9.53 Å². The van der Waals surface area contributed by atoms with E-state index in [1.54, 1.807) is 27.7 Å². The first-order valence-corrected chi connectivity index (χ1v) is 12.7. The first kappa shape index (κ1) is 30.9. The van der Waals surface area contributed by atoms with Crippen molar-refractivity contribution in [2.75, 3.05) is 25.0 Å². The molecule has 2 atom stereocenters. The standard InChI is InChI=1S/C27H33F2N7O5/c1-15(35-22(38)14-32-26(40)41-27(2,3)4)10-31-25(39)19-9-20(29)23(17-11-33-34-12-17)36-24(19)30-13-21(37)16-6-5-7-18(28)8-16/h5-9,11-12,15,21,37H,10,13-14H2,1-4H3,(H,30,36)(H,31,39)(H,32,40)(H,33,34)(H,35,38)/t15-,21?/m1/s1. The fourth-order valence-corrected chi connectivity index (χ4v) is 3.59. The highest BCUT2D eigenvalue weighted by Gasteiger charge is 2.21. The summed E-state index contributed by atoms with van der Waals surface area (Å²) in [6.07, 6.45) is 0.886. The molecule has 0 saturated heterocycles. The van der Waals surface area contributed by atoms with Gasteiger partial charge in [-0.15, -0.1) is 0 Å². The van der Waals surface area contributed by atoms with Gasteiger partial charge in [0.2, 0.25) is 5.91 Å². The molecule has 3 rings (SSSR count). The van der Waals surface area contributed by atoms with Gasteiger partial charge in [0.15, 0.2) is 5.82 Å². The second-order valence-corrected chi connectivity index (χ2v) is 10.2. The highest BCUT2D eigenvalue weighted by atomic mass is 19.1. The van der Waals surface area contributed by atoms with Crippen molar-refractivity contribution in [3.63, 3.8) is 0 Å². The van der Waals surface area contributed by atoms with E-state index in [2.05, 4.69) is 36.4 Å². The van der Waals surface area contributed by atoms with E-state index < -0.39 is 47.3 Å². The van der Waals surface area contributed by atoms with Gasteiger partial charge in [0.05, 0.1) is 17.9 Å². The van der Waals surface area contributed by atoms with Gasteiger partial charge in [-0.1, -0.05) is 12.1 Å². The van der Waals surface area contributed by atoms with Gasteiger partial charge in [-0.05, 0) is 51.5 Å². The van der Waals surface area contributed by atoms with Crippen molar-refractivity contribution in [2.45, 2.75) is 45.4 Å². The summed E-state index contributed by atoms with van der Waals surface area (Å²) >= 11 is 0. The number of pyridine rings is 1. The van der Waals surface area contributed by atoms with Gasteiger partial charge in [-0.3, -0.25) is 14.7 Å². The Morgan fingerprint density at radius 1 is 1.12 bits per heavy atom. The quantitative estimate of drug-likeness (QED) is 0.203. The van der Waals surface area contributed by atoms with Gasteiger partial charge in [0.1, 0.15) is 29.5 Å². The lowest BCUT2D eigenvalue weighted by atomic mass is 10.1. The second kappa shape index (κ2) is 13.7. The first-order chi connectivity index (χ1) is 19.3. The summed E-state index contributed by atoms with van der Waals surface area (Å²) in [4.78, 5) is 41.2. The molecule has 1 unspecified atom stereocenters. The van der Waals surface area contributed by atoms with Crippen molar-refractivity contribution in [3.8, 4) is 11.3 Å². The highest BCUT2D eigenvalue weighted by molar-refractivity contribution is 5.99. The number of carbonyl (C=O) groups excluding carboxylic acids is 3. The largest absolute Gasteiger partial charge is 0.444 e. The number of anilines is 1. The maximum Gasteiger partial charge on any atom is 0.408 e. The summed E-state index contributed by atoms with van der Waals surface area (Å²) < 4.78 is 33.6. The summed E-state index contributed by atoms with van der Waals surface area (Å²) in [5, 5.41) is 27.3. The number of H-pyrrole nitrogens is 1. The Morgan fingerprint density at radius 3 is 2.54 bits per heavy atom. The van der Waals surface area contributed by atoms with Crippen LogP contribution in [0.4, 0.5) is 19.4 Å². The molecule has 0 bridgehead atoms. The topological polar surface area (TPSA) is 170 Å². The van der Waals surface area contributed by atoms with Crippen LogP contribution in [0, 0.1) is 11.6 Å². The van der Waals surface area contributed by atoms with Crippen LogP contribution in [0.2, 0.25) is 0 Å². The summed E-state index contributed by atoms with van der Waals surface area (Å²) in [6, 6.07) is 5.85. The summed E-state index contributed by atoms with van der Waals surface area (Å²) in [6.45, 7) is 6.17. The molecule has 2 aromatic heterocycles. The van der Waals surface area contributed by atoms with Crippen LogP contribution in [0.25, 0.3) is 11.3 Å². The Hall–Kier alpha value is -4.59. The van der Waals surface area contributed by atoms with E-state index in [4.69, 9.17) is 4.74 Å². The number of benzene rings is 1. The van der Waals surface area contributed by atoms with Crippen LogP contribution in [0.5, 0.6) is 0 Å². The van der Waals surface area contributed by atoms with Gasteiger partial charge < -0.3 is 31.1 Å². The van der Waals surface area contributed by atoms with Gasteiger partial charge >= 0.3 is 6.09 Å². The minimum Gasteiger partial charge on any atom is -0.444 e. The van der Waals surface area contributed by atoms with E-state index in [-0.39, 0.29) is 36.7 Å². The summed E-state index contributed by atoms with van der Waals surface area (Å²) in [5.74, 6) is -2.56. The number of alkyl carbamates (subject to hydrolysis) is 1. The van der Waals surface area contributed by atoms with E-state index in [1.165, 1.54) is 36.7 Å². The third-order valence-corrected chi connectivity index (χ3v) is 5.46. The molecular formula is C27H33F2N7O5. The van der Waals surface area contributed by atoms with E-state index in [0.29, 0.717) is 11.1 Å². The van der Waals surface area contributed by atoms with Gasteiger partial charge in [-0.25, -0.2) is 18.6 Å². The summed E-state index contributed by atoms with van der Waals surface area (Å²) in [5.41, 5.74) is -0.331. The van der Waals surface area contributed by atoms with E-state index in [0.717, 1.165) is 6.07 Å². The fourth-order valence-electron chi connectivity index (χ4n) is 3.59. The summed E-state index contributed by atoms with van der Waals surface area (Å²) in [7, 11) is 0. The Balaban J connectivity index is 1.66. The van der Waals surface area contributed by atoms with Crippen molar-refractivity contribution in [1.82, 2.24) is 31.1 Å². The molecule has 1 aromatic carbocycles. The number of hydrogen-bond donors (Lipinski definition) is 6. The third kappa shape index (κ3) is 9.53. The first-order valence-electron chi connectivity index (χ1n) is 12.7. The zero-order valence-corrected chi connectivity index (χ0v) is 23.0. The predicted molar refractivity (Wildman–Crippen MR) is 146 cm³/mol. The Labute approximate surface area is 235 Å².